The number of hydrogen-bond acceptors (Lipinski definition) is 2. The molecule has 0 radical (unpaired) electrons. The monoisotopic (exact) mass is 283 g/mol. The Morgan fingerprint density at radius 3 is 2.75 bits per heavy atom. The Morgan fingerprint density at radius 2 is 2.05 bits per heavy atom. The maximum atomic E-state index is 13.8. The first-order chi connectivity index (χ1) is 9.40. The van der Waals surface area contributed by atoms with E-state index in [-0.39, 0.29) is 17.9 Å². The summed E-state index contributed by atoms with van der Waals surface area (Å²) in [4.78, 5) is 2.04. The van der Waals surface area contributed by atoms with Crippen LogP contribution in [0.3, 0.4) is 0 Å². The zero-order valence-electron chi connectivity index (χ0n) is 12.2. The third-order valence-electron chi connectivity index (χ3n) is 4.26. The van der Waals surface area contributed by atoms with Crippen molar-refractivity contribution in [2.75, 3.05) is 20.6 Å². The SMILES string of the molecule is CN(C)CC1CCCCC1(O)Cc1cc(F)ccc1F. The highest BCUT2D eigenvalue weighted by Crippen LogP contribution is 2.37. The van der Waals surface area contributed by atoms with E-state index in [0.29, 0.717) is 6.42 Å². The number of hydrogen-bond donors (Lipinski definition) is 1. The van der Waals surface area contributed by atoms with Crippen LogP contribution in [0.5, 0.6) is 0 Å². The van der Waals surface area contributed by atoms with Crippen molar-refractivity contribution in [2.24, 2.45) is 5.92 Å². The molecule has 0 aliphatic heterocycles. The molecule has 0 bridgehead atoms. The Bertz CT molecular complexity index is 464. The molecule has 2 atom stereocenters. The maximum Gasteiger partial charge on any atom is 0.126 e. The smallest absolute Gasteiger partial charge is 0.126 e. The van der Waals surface area contributed by atoms with Crippen molar-refractivity contribution in [1.82, 2.24) is 4.90 Å². The van der Waals surface area contributed by atoms with Gasteiger partial charge >= 0.3 is 0 Å². The molecule has 0 amide bonds. The second-order valence-electron chi connectivity index (χ2n) is 6.22. The largest absolute Gasteiger partial charge is 0.389 e. The average Bonchev–Trinajstić information content (AvgIpc) is 2.36. The Labute approximate surface area is 119 Å². The summed E-state index contributed by atoms with van der Waals surface area (Å²) in [7, 11) is 3.94. The van der Waals surface area contributed by atoms with Gasteiger partial charge in [-0.05, 0) is 50.7 Å². The van der Waals surface area contributed by atoms with Gasteiger partial charge in [0.15, 0.2) is 0 Å². The molecule has 1 saturated carbocycles. The molecular weight excluding hydrogens is 260 g/mol. The Balaban J connectivity index is 2.20. The molecule has 1 aliphatic rings. The highest BCUT2D eigenvalue weighted by Gasteiger charge is 2.39. The van der Waals surface area contributed by atoms with Crippen LogP contribution in [0, 0.1) is 17.6 Å². The van der Waals surface area contributed by atoms with Crippen molar-refractivity contribution in [3.05, 3.63) is 35.4 Å². The molecule has 4 heteroatoms. The van der Waals surface area contributed by atoms with E-state index in [1.54, 1.807) is 0 Å². The highest BCUT2D eigenvalue weighted by atomic mass is 19.1. The minimum atomic E-state index is -0.933. The lowest BCUT2D eigenvalue weighted by atomic mass is 9.72. The Morgan fingerprint density at radius 1 is 1.30 bits per heavy atom. The summed E-state index contributed by atoms with van der Waals surface area (Å²) >= 11 is 0. The van der Waals surface area contributed by atoms with Gasteiger partial charge in [0.05, 0.1) is 5.60 Å². The molecule has 0 heterocycles. The minimum absolute atomic E-state index is 0.105. The molecule has 0 saturated heterocycles. The lowest BCUT2D eigenvalue weighted by Crippen LogP contribution is -2.47. The molecule has 1 aromatic rings. The van der Waals surface area contributed by atoms with Gasteiger partial charge in [0.2, 0.25) is 0 Å². The molecule has 2 unspecified atom stereocenters. The van der Waals surface area contributed by atoms with E-state index in [1.165, 1.54) is 6.07 Å². The summed E-state index contributed by atoms with van der Waals surface area (Å²) < 4.78 is 27.1. The normalized spacial score (nSPS) is 27.0. The van der Waals surface area contributed by atoms with Crippen molar-refractivity contribution in [3.8, 4) is 0 Å². The van der Waals surface area contributed by atoms with Crippen LogP contribution in [0.15, 0.2) is 18.2 Å². The van der Waals surface area contributed by atoms with E-state index < -0.39 is 17.2 Å². The summed E-state index contributed by atoms with van der Waals surface area (Å²) in [6.45, 7) is 0.771. The molecular formula is C16H23F2NO. The van der Waals surface area contributed by atoms with E-state index >= 15 is 0 Å². The zero-order chi connectivity index (χ0) is 14.8. The van der Waals surface area contributed by atoms with E-state index in [1.807, 2.05) is 19.0 Å². The Kier molecular flexibility index (Phi) is 4.76. The van der Waals surface area contributed by atoms with E-state index in [0.717, 1.165) is 37.9 Å². The predicted octanol–water partition coefficient (Wildman–Crippen LogP) is 2.99. The van der Waals surface area contributed by atoms with Gasteiger partial charge in [0, 0.05) is 18.9 Å². The van der Waals surface area contributed by atoms with Crippen molar-refractivity contribution < 1.29 is 13.9 Å². The summed E-state index contributed by atoms with van der Waals surface area (Å²) in [5.74, 6) is -0.784. The third-order valence-corrected chi connectivity index (χ3v) is 4.26. The van der Waals surface area contributed by atoms with Crippen LogP contribution in [0.4, 0.5) is 8.78 Å². The summed E-state index contributed by atoms with van der Waals surface area (Å²) in [6.07, 6.45) is 3.81. The number of nitrogens with zero attached hydrogens (tertiary/aromatic N) is 1. The van der Waals surface area contributed by atoms with Crippen molar-refractivity contribution in [1.29, 1.82) is 0 Å². The van der Waals surface area contributed by atoms with Crippen molar-refractivity contribution in [3.63, 3.8) is 0 Å². The standard InChI is InChI=1S/C16H23F2NO/c1-19(2)11-13-5-3-4-8-16(13,20)10-12-9-14(17)6-7-15(12)18/h6-7,9,13,20H,3-5,8,10-11H2,1-2H3. The first-order valence-corrected chi connectivity index (χ1v) is 7.22. The van der Waals surface area contributed by atoms with E-state index in [9.17, 15) is 13.9 Å². The summed E-state index contributed by atoms with van der Waals surface area (Å²) in [6, 6.07) is 3.45. The second kappa shape index (κ2) is 6.19. The quantitative estimate of drug-likeness (QED) is 0.918. The van der Waals surface area contributed by atoms with Crippen LogP contribution in [0.25, 0.3) is 0 Å². The molecule has 0 aromatic heterocycles. The summed E-state index contributed by atoms with van der Waals surface area (Å²) in [5, 5.41) is 10.9. The third kappa shape index (κ3) is 3.55. The lowest BCUT2D eigenvalue weighted by molar-refractivity contribution is -0.0558. The number of halogens is 2. The Hall–Kier alpha value is -1.00. The predicted molar refractivity (Wildman–Crippen MR) is 75.5 cm³/mol. The molecule has 1 N–H and O–H groups in total. The van der Waals surface area contributed by atoms with Gasteiger partial charge < -0.3 is 10.0 Å². The molecule has 2 rings (SSSR count). The molecule has 20 heavy (non-hydrogen) atoms. The number of rotatable bonds is 4. The van der Waals surface area contributed by atoms with Gasteiger partial charge in [0.25, 0.3) is 0 Å². The zero-order valence-corrected chi connectivity index (χ0v) is 12.2. The second-order valence-corrected chi connectivity index (χ2v) is 6.22. The molecule has 1 aliphatic carbocycles. The number of benzene rings is 1. The molecule has 2 nitrogen and oxygen atoms in total. The molecule has 0 spiro atoms. The van der Waals surface area contributed by atoms with Crippen LogP contribution < -0.4 is 0 Å². The average molecular weight is 283 g/mol. The molecule has 1 aromatic carbocycles. The highest BCUT2D eigenvalue weighted by molar-refractivity contribution is 5.21. The van der Waals surface area contributed by atoms with Crippen LogP contribution in [0.2, 0.25) is 0 Å². The minimum Gasteiger partial charge on any atom is -0.389 e. The summed E-state index contributed by atoms with van der Waals surface area (Å²) in [5.41, 5.74) is -0.657. The topological polar surface area (TPSA) is 23.5 Å². The fourth-order valence-electron chi connectivity index (χ4n) is 3.24. The van der Waals surface area contributed by atoms with Crippen molar-refractivity contribution >= 4 is 0 Å². The fraction of sp³-hybridized carbons (Fsp3) is 0.625. The van der Waals surface area contributed by atoms with Crippen LogP contribution in [-0.2, 0) is 6.42 Å². The molecule has 112 valence electrons. The van der Waals surface area contributed by atoms with Gasteiger partial charge in [-0.25, -0.2) is 8.78 Å². The molecule has 1 fully saturated rings. The van der Waals surface area contributed by atoms with Gasteiger partial charge in [0.1, 0.15) is 11.6 Å². The van der Waals surface area contributed by atoms with Gasteiger partial charge in [-0.3, -0.25) is 0 Å². The van der Waals surface area contributed by atoms with Gasteiger partial charge in [-0.1, -0.05) is 12.8 Å². The number of aliphatic hydroxyl groups is 1. The van der Waals surface area contributed by atoms with E-state index in [2.05, 4.69) is 0 Å². The van der Waals surface area contributed by atoms with Crippen LogP contribution in [-0.4, -0.2) is 36.2 Å². The van der Waals surface area contributed by atoms with Gasteiger partial charge in [-0.2, -0.15) is 0 Å². The van der Waals surface area contributed by atoms with Crippen LogP contribution in [0.1, 0.15) is 31.2 Å². The fourth-order valence-corrected chi connectivity index (χ4v) is 3.24. The van der Waals surface area contributed by atoms with Crippen LogP contribution >= 0.6 is 0 Å². The van der Waals surface area contributed by atoms with E-state index in [4.69, 9.17) is 0 Å². The van der Waals surface area contributed by atoms with Gasteiger partial charge in [-0.15, -0.1) is 0 Å². The first-order valence-electron chi connectivity index (χ1n) is 7.22. The lowest BCUT2D eigenvalue weighted by Gasteiger charge is -2.41. The first kappa shape index (κ1) is 15.4. The van der Waals surface area contributed by atoms with Crippen molar-refractivity contribution in [2.45, 2.75) is 37.7 Å². The maximum absolute atomic E-state index is 13.8.